The monoisotopic (exact) mass is 414 g/mol. The summed E-state index contributed by atoms with van der Waals surface area (Å²) in [6.07, 6.45) is 23.1. The third-order valence-electron chi connectivity index (χ3n) is 5.56. The molecule has 2 unspecified atom stereocenters. The van der Waals surface area contributed by atoms with Crippen LogP contribution < -0.4 is 0 Å². The molecular weight excluding hydrogens is 372 g/mol. The van der Waals surface area contributed by atoms with Gasteiger partial charge in [-0.05, 0) is 52.4 Å². The molecule has 3 heteroatoms. The Morgan fingerprint density at radius 3 is 2.63 bits per heavy atom. The highest BCUT2D eigenvalue weighted by Gasteiger charge is 2.19. The number of aliphatic hydroxyl groups is 1. The van der Waals surface area contributed by atoms with Gasteiger partial charge in [-0.1, -0.05) is 80.4 Å². The second-order valence-corrected chi connectivity index (χ2v) is 8.57. The standard InChI is InChI=1S/C27H42O3/c1-5-22(2)20-24(4)26-21-23(3)16-12-9-7-6-8-10-13-17-25(28)18-14-11-15-19-27(29)30-26/h5,9,12,15-16,19-20,24-26,28H,1,6-8,10-11,13-14,17-18,21H2,2-4H3/b12-9+,19-15+,22-20+,23-16+/t24?,25?,26-/m1/s1. The number of carbonyl (C=O) groups is 1. The molecule has 0 fully saturated rings. The van der Waals surface area contributed by atoms with Gasteiger partial charge in [0.15, 0.2) is 0 Å². The Balaban J connectivity index is 2.86. The van der Waals surface area contributed by atoms with Crippen molar-refractivity contribution in [2.24, 2.45) is 5.92 Å². The van der Waals surface area contributed by atoms with Gasteiger partial charge in [-0.25, -0.2) is 4.79 Å². The molecule has 1 N–H and O–H groups in total. The maximum absolute atomic E-state index is 12.4. The third kappa shape index (κ3) is 12.6. The number of cyclic esters (lactones) is 1. The largest absolute Gasteiger partial charge is 0.458 e. The zero-order valence-electron chi connectivity index (χ0n) is 19.3. The normalized spacial score (nSPS) is 29.0. The minimum atomic E-state index is -0.296. The average molecular weight is 415 g/mol. The van der Waals surface area contributed by atoms with Crippen LogP contribution in [0.4, 0.5) is 0 Å². The first-order chi connectivity index (χ1) is 14.4. The molecule has 1 rings (SSSR count). The highest BCUT2D eigenvalue weighted by atomic mass is 16.5. The van der Waals surface area contributed by atoms with Crippen LogP contribution in [0.5, 0.6) is 0 Å². The number of ether oxygens (including phenoxy) is 1. The summed E-state index contributed by atoms with van der Waals surface area (Å²) in [4.78, 5) is 12.4. The molecule has 0 aromatic rings. The first-order valence-electron chi connectivity index (χ1n) is 11.6. The highest BCUT2D eigenvalue weighted by Crippen LogP contribution is 2.20. The van der Waals surface area contributed by atoms with Crippen molar-refractivity contribution in [3.8, 4) is 0 Å². The number of carbonyl (C=O) groups excluding carboxylic acids is 1. The lowest BCUT2D eigenvalue weighted by molar-refractivity contribution is -0.144. The van der Waals surface area contributed by atoms with Gasteiger partial charge in [-0.3, -0.25) is 0 Å². The van der Waals surface area contributed by atoms with E-state index in [0.717, 1.165) is 44.1 Å². The SMILES string of the molecule is C=C/C(C)=C/C(C)[C@H]1C/C(C)=C/C=C/CCCCCCC(O)CCC/C=C/C(=O)O1. The molecule has 0 saturated heterocycles. The molecule has 0 aromatic heterocycles. The number of rotatable bonds is 3. The van der Waals surface area contributed by atoms with Gasteiger partial charge in [-0.2, -0.15) is 0 Å². The van der Waals surface area contributed by atoms with Crippen LogP contribution in [-0.4, -0.2) is 23.3 Å². The fraction of sp³-hybridized carbons (Fsp3) is 0.593. The van der Waals surface area contributed by atoms with Gasteiger partial charge < -0.3 is 9.84 Å². The molecule has 0 radical (unpaired) electrons. The molecule has 1 heterocycles. The maximum atomic E-state index is 12.4. The Morgan fingerprint density at radius 2 is 1.87 bits per heavy atom. The topological polar surface area (TPSA) is 46.5 Å². The van der Waals surface area contributed by atoms with Gasteiger partial charge in [0.1, 0.15) is 6.10 Å². The summed E-state index contributed by atoms with van der Waals surface area (Å²) in [6.45, 7) is 10.00. The molecule has 168 valence electrons. The molecular formula is C27H42O3. The molecule has 0 bridgehead atoms. The van der Waals surface area contributed by atoms with Gasteiger partial charge in [-0.15, -0.1) is 0 Å². The molecule has 0 saturated carbocycles. The van der Waals surface area contributed by atoms with Crippen LogP contribution in [0.25, 0.3) is 0 Å². The lowest BCUT2D eigenvalue weighted by Crippen LogP contribution is -2.24. The van der Waals surface area contributed by atoms with Crippen molar-refractivity contribution in [1.29, 1.82) is 0 Å². The number of aliphatic hydroxyl groups excluding tert-OH is 1. The molecule has 0 amide bonds. The summed E-state index contributed by atoms with van der Waals surface area (Å²) in [6, 6.07) is 0. The van der Waals surface area contributed by atoms with Crippen molar-refractivity contribution in [1.82, 2.24) is 0 Å². The van der Waals surface area contributed by atoms with Crippen LogP contribution in [0.15, 0.2) is 60.3 Å². The number of esters is 1. The minimum absolute atomic E-state index is 0.0979. The second kappa shape index (κ2) is 15.9. The van der Waals surface area contributed by atoms with Crippen molar-refractivity contribution < 1.29 is 14.6 Å². The van der Waals surface area contributed by atoms with E-state index in [1.54, 1.807) is 0 Å². The molecule has 3 atom stereocenters. The first kappa shape index (κ1) is 26.2. The van der Waals surface area contributed by atoms with E-state index >= 15 is 0 Å². The van der Waals surface area contributed by atoms with Crippen molar-refractivity contribution in [2.45, 2.75) is 97.2 Å². The Morgan fingerprint density at radius 1 is 1.17 bits per heavy atom. The van der Waals surface area contributed by atoms with Crippen LogP contribution in [0.2, 0.25) is 0 Å². The average Bonchev–Trinajstić information content (AvgIpc) is 2.70. The van der Waals surface area contributed by atoms with E-state index in [-0.39, 0.29) is 24.1 Å². The zero-order chi connectivity index (χ0) is 22.2. The van der Waals surface area contributed by atoms with Crippen molar-refractivity contribution in [3.05, 3.63) is 60.3 Å². The quantitative estimate of drug-likeness (QED) is 0.399. The van der Waals surface area contributed by atoms with Gasteiger partial charge in [0.2, 0.25) is 0 Å². The lowest BCUT2D eigenvalue weighted by Gasteiger charge is -2.22. The molecule has 1 aliphatic rings. The fourth-order valence-electron chi connectivity index (χ4n) is 3.62. The van der Waals surface area contributed by atoms with E-state index in [1.165, 1.54) is 30.9 Å². The lowest BCUT2D eigenvalue weighted by atomic mass is 9.95. The van der Waals surface area contributed by atoms with Crippen LogP contribution in [0.3, 0.4) is 0 Å². The number of hydrogen-bond donors (Lipinski definition) is 1. The summed E-state index contributed by atoms with van der Waals surface area (Å²) in [5.74, 6) is -0.199. The van der Waals surface area contributed by atoms with Crippen LogP contribution in [0, 0.1) is 5.92 Å². The molecule has 0 spiro atoms. The van der Waals surface area contributed by atoms with E-state index in [9.17, 15) is 9.90 Å². The molecule has 30 heavy (non-hydrogen) atoms. The predicted octanol–water partition coefficient (Wildman–Crippen LogP) is 7.00. The number of allylic oxidation sites excluding steroid dienone is 6. The Bertz CT molecular complexity index is 624. The van der Waals surface area contributed by atoms with Crippen LogP contribution in [0.1, 0.15) is 85.0 Å². The van der Waals surface area contributed by atoms with E-state index in [1.807, 2.05) is 19.1 Å². The summed E-state index contributed by atoms with van der Waals surface area (Å²) < 4.78 is 5.81. The van der Waals surface area contributed by atoms with Crippen molar-refractivity contribution in [3.63, 3.8) is 0 Å². The smallest absolute Gasteiger partial charge is 0.330 e. The van der Waals surface area contributed by atoms with Gasteiger partial charge >= 0.3 is 5.97 Å². The van der Waals surface area contributed by atoms with Crippen LogP contribution in [-0.2, 0) is 9.53 Å². The summed E-state index contributed by atoms with van der Waals surface area (Å²) in [5.41, 5.74) is 2.29. The highest BCUT2D eigenvalue weighted by molar-refractivity contribution is 5.82. The molecule has 3 nitrogen and oxygen atoms in total. The summed E-state index contributed by atoms with van der Waals surface area (Å²) in [7, 11) is 0. The van der Waals surface area contributed by atoms with Gasteiger partial charge in [0, 0.05) is 18.4 Å². The summed E-state index contributed by atoms with van der Waals surface area (Å²) >= 11 is 0. The molecule has 0 aliphatic carbocycles. The molecule has 0 aromatic carbocycles. The van der Waals surface area contributed by atoms with Gasteiger partial charge in [0.25, 0.3) is 0 Å². The maximum Gasteiger partial charge on any atom is 0.330 e. The molecule has 1 aliphatic heterocycles. The van der Waals surface area contributed by atoms with E-state index in [4.69, 9.17) is 4.74 Å². The predicted molar refractivity (Wildman–Crippen MR) is 127 cm³/mol. The second-order valence-electron chi connectivity index (χ2n) is 8.57. The van der Waals surface area contributed by atoms with Gasteiger partial charge in [0.05, 0.1) is 6.10 Å². The third-order valence-corrected chi connectivity index (χ3v) is 5.56. The Hall–Kier alpha value is -1.87. The van der Waals surface area contributed by atoms with Crippen molar-refractivity contribution >= 4 is 5.97 Å². The van der Waals surface area contributed by atoms with E-state index < -0.39 is 0 Å². The Kier molecular flexibility index (Phi) is 13.9. The zero-order valence-corrected chi connectivity index (χ0v) is 19.3. The van der Waals surface area contributed by atoms with Crippen LogP contribution >= 0.6 is 0 Å². The minimum Gasteiger partial charge on any atom is -0.458 e. The fourth-order valence-corrected chi connectivity index (χ4v) is 3.62. The van der Waals surface area contributed by atoms with Crippen molar-refractivity contribution in [2.75, 3.05) is 0 Å². The van der Waals surface area contributed by atoms with E-state index in [0.29, 0.717) is 6.42 Å². The first-order valence-corrected chi connectivity index (χ1v) is 11.6. The van der Waals surface area contributed by atoms with E-state index in [2.05, 4.69) is 44.7 Å². The number of hydrogen-bond acceptors (Lipinski definition) is 3. The Labute approximate surface area is 184 Å². The summed E-state index contributed by atoms with van der Waals surface area (Å²) in [5, 5.41) is 10.1.